The molecule has 1 aromatic carbocycles. The summed E-state index contributed by atoms with van der Waals surface area (Å²) in [7, 11) is 1.59. The molecule has 1 rings (SSSR count). The molecule has 0 aliphatic carbocycles. The van der Waals surface area contributed by atoms with Crippen LogP contribution in [-0.2, 0) is 20.9 Å². The molecule has 0 aliphatic heterocycles. The number of unbranched alkanes of at least 4 members (excludes halogenated alkanes) is 3. The number of nitrogens with one attached hydrogen (secondary N) is 2. The molecule has 0 heterocycles. The van der Waals surface area contributed by atoms with Crippen molar-refractivity contribution in [3.8, 4) is 5.75 Å². The third-order valence-electron chi connectivity index (χ3n) is 3.83. The van der Waals surface area contributed by atoms with Crippen LogP contribution in [0.5, 0.6) is 5.75 Å². The summed E-state index contributed by atoms with van der Waals surface area (Å²) >= 11 is 0. The molecule has 0 saturated heterocycles. The number of rotatable bonds is 12. The fourth-order valence-electron chi connectivity index (χ4n) is 2.49. The van der Waals surface area contributed by atoms with E-state index in [-0.39, 0.29) is 18.5 Å². The number of para-hydroxylation sites is 1. The molecule has 0 aromatic heterocycles. The largest absolute Gasteiger partial charge is 0.483 e. The fraction of sp³-hybridized carbons (Fsp3) is 0.619. The van der Waals surface area contributed by atoms with Crippen molar-refractivity contribution in [3.63, 3.8) is 0 Å². The Bertz CT molecular complexity index is 582. The van der Waals surface area contributed by atoms with Crippen molar-refractivity contribution in [2.45, 2.75) is 65.0 Å². The smallest absolute Gasteiger partial charge is 0.306 e. The molecule has 0 fully saturated rings. The summed E-state index contributed by atoms with van der Waals surface area (Å²) in [6.45, 7) is 7.28. The van der Waals surface area contributed by atoms with Crippen molar-refractivity contribution in [2.24, 2.45) is 0 Å². The molecule has 0 radical (unpaired) electrons. The van der Waals surface area contributed by atoms with Gasteiger partial charge in [-0.25, -0.2) is 0 Å². The highest BCUT2D eigenvalue weighted by atomic mass is 16.6. The van der Waals surface area contributed by atoms with Crippen LogP contribution in [0.1, 0.15) is 58.4 Å². The molecule has 1 aromatic rings. The minimum absolute atomic E-state index is 0.0190. The Hall–Kier alpha value is -2.08. The van der Waals surface area contributed by atoms with E-state index in [4.69, 9.17) is 9.47 Å². The van der Waals surface area contributed by atoms with E-state index in [1.54, 1.807) is 7.05 Å². The summed E-state index contributed by atoms with van der Waals surface area (Å²) in [4.78, 5) is 22.9. The quantitative estimate of drug-likeness (QED) is 0.431. The van der Waals surface area contributed by atoms with Crippen LogP contribution in [0.3, 0.4) is 0 Å². The van der Waals surface area contributed by atoms with Gasteiger partial charge in [0.15, 0.2) is 6.61 Å². The maximum absolute atomic E-state index is 11.6. The number of hydrogen-bond donors (Lipinski definition) is 2. The molecule has 0 saturated carbocycles. The first-order valence-electron chi connectivity index (χ1n) is 9.65. The summed E-state index contributed by atoms with van der Waals surface area (Å²) in [6.07, 6.45) is 4.50. The Morgan fingerprint density at radius 3 is 2.44 bits per heavy atom. The summed E-state index contributed by atoms with van der Waals surface area (Å²) in [5.41, 5.74) is 0.632. The Kier molecular flexibility index (Phi) is 10.5. The highest BCUT2D eigenvalue weighted by Gasteiger charge is 2.15. The first-order valence-corrected chi connectivity index (χ1v) is 9.65. The van der Waals surface area contributed by atoms with E-state index in [0.717, 1.165) is 43.5 Å². The zero-order valence-corrected chi connectivity index (χ0v) is 17.1. The highest BCUT2D eigenvalue weighted by Crippen LogP contribution is 2.17. The zero-order valence-electron chi connectivity index (χ0n) is 17.1. The third-order valence-corrected chi connectivity index (χ3v) is 3.83. The predicted molar refractivity (Wildman–Crippen MR) is 107 cm³/mol. The lowest BCUT2D eigenvalue weighted by molar-refractivity contribution is -0.154. The number of ether oxygens (including phenoxy) is 2. The summed E-state index contributed by atoms with van der Waals surface area (Å²) in [5, 5.41) is 5.94. The lowest BCUT2D eigenvalue weighted by Crippen LogP contribution is -2.25. The number of amides is 1. The van der Waals surface area contributed by atoms with E-state index in [9.17, 15) is 9.59 Å². The van der Waals surface area contributed by atoms with Crippen LogP contribution in [0.4, 0.5) is 0 Å². The standard InChI is InChI=1S/C21H34N2O4/c1-21(2,3)27-20(25)13-7-5-6-10-14-23-15-17-11-8-9-12-18(17)26-16-19(24)22-4/h8-9,11-12,23H,5-7,10,13-16H2,1-4H3,(H,22,24). The van der Waals surface area contributed by atoms with E-state index < -0.39 is 5.60 Å². The molecule has 152 valence electrons. The van der Waals surface area contributed by atoms with Gasteiger partial charge in [-0.15, -0.1) is 0 Å². The zero-order chi connectivity index (χ0) is 20.1. The number of benzene rings is 1. The number of hydrogen-bond acceptors (Lipinski definition) is 5. The van der Waals surface area contributed by atoms with Crippen molar-refractivity contribution in [1.82, 2.24) is 10.6 Å². The third kappa shape index (κ3) is 11.3. The van der Waals surface area contributed by atoms with Gasteiger partial charge in [-0.05, 0) is 46.2 Å². The normalized spacial score (nSPS) is 11.1. The van der Waals surface area contributed by atoms with Crippen LogP contribution in [0.2, 0.25) is 0 Å². The summed E-state index contributed by atoms with van der Waals surface area (Å²) in [5.74, 6) is 0.462. The SMILES string of the molecule is CNC(=O)COc1ccccc1CNCCCCCCC(=O)OC(C)(C)C. The second-order valence-corrected chi connectivity index (χ2v) is 7.50. The molecular weight excluding hydrogens is 344 g/mol. The fourth-order valence-corrected chi connectivity index (χ4v) is 2.49. The molecule has 6 nitrogen and oxygen atoms in total. The minimum Gasteiger partial charge on any atom is -0.483 e. The van der Waals surface area contributed by atoms with E-state index in [0.29, 0.717) is 13.0 Å². The van der Waals surface area contributed by atoms with Gasteiger partial charge in [-0.2, -0.15) is 0 Å². The molecular formula is C21H34N2O4. The van der Waals surface area contributed by atoms with Crippen molar-refractivity contribution in [3.05, 3.63) is 29.8 Å². The summed E-state index contributed by atoms with van der Waals surface area (Å²) in [6, 6.07) is 7.72. The monoisotopic (exact) mass is 378 g/mol. The number of likely N-dealkylation sites (N-methyl/N-ethyl adjacent to an activating group) is 1. The molecule has 0 bridgehead atoms. The average Bonchev–Trinajstić information content (AvgIpc) is 2.61. The summed E-state index contributed by atoms with van der Waals surface area (Å²) < 4.78 is 10.9. The molecule has 1 amide bonds. The first-order chi connectivity index (χ1) is 12.8. The molecule has 6 heteroatoms. The number of carbonyl (C=O) groups is 2. The van der Waals surface area contributed by atoms with Crippen LogP contribution in [0, 0.1) is 0 Å². The van der Waals surface area contributed by atoms with Crippen LogP contribution in [-0.4, -0.2) is 37.7 Å². The van der Waals surface area contributed by atoms with Gasteiger partial charge in [0.05, 0.1) is 0 Å². The molecule has 0 aliphatic rings. The van der Waals surface area contributed by atoms with Gasteiger partial charge in [0.25, 0.3) is 5.91 Å². The van der Waals surface area contributed by atoms with Gasteiger partial charge in [0.1, 0.15) is 11.4 Å². The Labute approximate surface area is 163 Å². The first kappa shape index (κ1) is 23.0. The molecule has 0 spiro atoms. The maximum atomic E-state index is 11.6. The van der Waals surface area contributed by atoms with E-state index >= 15 is 0 Å². The Balaban J connectivity index is 2.15. The van der Waals surface area contributed by atoms with Gasteiger partial charge in [-0.1, -0.05) is 31.0 Å². The molecule has 0 unspecified atom stereocenters. The van der Waals surface area contributed by atoms with Crippen molar-refractivity contribution >= 4 is 11.9 Å². The molecule has 2 N–H and O–H groups in total. The number of esters is 1. The lowest BCUT2D eigenvalue weighted by Gasteiger charge is -2.19. The van der Waals surface area contributed by atoms with E-state index in [2.05, 4.69) is 10.6 Å². The average molecular weight is 379 g/mol. The molecule has 0 atom stereocenters. The van der Waals surface area contributed by atoms with Crippen LogP contribution in [0.25, 0.3) is 0 Å². The number of carbonyl (C=O) groups excluding carboxylic acids is 2. The second kappa shape index (κ2) is 12.3. The maximum Gasteiger partial charge on any atom is 0.306 e. The van der Waals surface area contributed by atoms with E-state index in [1.807, 2.05) is 45.0 Å². The van der Waals surface area contributed by atoms with Crippen LogP contribution >= 0.6 is 0 Å². The predicted octanol–water partition coefficient (Wildman–Crippen LogP) is 3.19. The van der Waals surface area contributed by atoms with Crippen molar-refractivity contribution < 1.29 is 19.1 Å². The minimum atomic E-state index is -0.401. The van der Waals surface area contributed by atoms with Gasteiger partial charge in [0.2, 0.25) is 0 Å². The van der Waals surface area contributed by atoms with Gasteiger partial charge in [0, 0.05) is 25.6 Å². The second-order valence-electron chi connectivity index (χ2n) is 7.50. The van der Waals surface area contributed by atoms with Gasteiger partial charge < -0.3 is 20.1 Å². The molecule has 27 heavy (non-hydrogen) atoms. The van der Waals surface area contributed by atoms with Gasteiger partial charge >= 0.3 is 5.97 Å². The van der Waals surface area contributed by atoms with Crippen LogP contribution in [0.15, 0.2) is 24.3 Å². The Morgan fingerprint density at radius 1 is 1.04 bits per heavy atom. The topological polar surface area (TPSA) is 76.7 Å². The van der Waals surface area contributed by atoms with E-state index in [1.165, 1.54) is 0 Å². The van der Waals surface area contributed by atoms with Crippen LogP contribution < -0.4 is 15.4 Å². The highest BCUT2D eigenvalue weighted by molar-refractivity contribution is 5.77. The lowest BCUT2D eigenvalue weighted by atomic mass is 10.1. The van der Waals surface area contributed by atoms with Gasteiger partial charge in [-0.3, -0.25) is 9.59 Å². The van der Waals surface area contributed by atoms with Crippen molar-refractivity contribution in [1.29, 1.82) is 0 Å². The van der Waals surface area contributed by atoms with Crippen molar-refractivity contribution in [2.75, 3.05) is 20.2 Å². The Morgan fingerprint density at radius 2 is 1.74 bits per heavy atom.